The molecule has 3 rings (SSSR count). The molecule has 0 saturated carbocycles. The summed E-state index contributed by atoms with van der Waals surface area (Å²) in [5, 5.41) is 13.3. The Labute approximate surface area is 152 Å². The van der Waals surface area contributed by atoms with Crippen molar-refractivity contribution in [2.75, 3.05) is 18.0 Å². The number of alkyl carbamates (subject to hydrolysis) is 1. The predicted molar refractivity (Wildman–Crippen MR) is 96.8 cm³/mol. The molecule has 1 saturated heterocycles. The first-order valence-electron chi connectivity index (χ1n) is 8.70. The summed E-state index contributed by atoms with van der Waals surface area (Å²) in [7, 11) is 1.88. The maximum atomic E-state index is 12.1. The molecule has 2 aromatic heterocycles. The standard InChI is InChI=1S/C17H26N6O3/c1-10-6-23(15-12-14(18-8-19-15)22(5)9-20-12)7-11(13(10)24)21-16(25)26-17(2,3)4/h8-11,13,24H,6-7H2,1-5H3,(H,21,25). The molecule has 142 valence electrons. The smallest absolute Gasteiger partial charge is 0.408 e. The van der Waals surface area contributed by atoms with E-state index in [0.717, 1.165) is 5.65 Å². The van der Waals surface area contributed by atoms with Gasteiger partial charge in [0.2, 0.25) is 0 Å². The van der Waals surface area contributed by atoms with E-state index in [1.165, 1.54) is 6.33 Å². The Hall–Kier alpha value is -2.42. The average Bonchev–Trinajstić information content (AvgIpc) is 2.91. The number of hydrogen-bond donors (Lipinski definition) is 2. The van der Waals surface area contributed by atoms with Crippen molar-refractivity contribution >= 4 is 23.1 Å². The van der Waals surface area contributed by atoms with Crippen molar-refractivity contribution in [3.8, 4) is 0 Å². The lowest BCUT2D eigenvalue weighted by Crippen LogP contribution is -2.59. The van der Waals surface area contributed by atoms with E-state index >= 15 is 0 Å². The molecule has 0 aromatic carbocycles. The van der Waals surface area contributed by atoms with Gasteiger partial charge in [-0.3, -0.25) is 0 Å². The van der Waals surface area contributed by atoms with E-state index in [4.69, 9.17) is 4.74 Å². The molecule has 1 fully saturated rings. The van der Waals surface area contributed by atoms with Crippen LogP contribution in [0, 0.1) is 5.92 Å². The van der Waals surface area contributed by atoms with Crippen LogP contribution in [0.5, 0.6) is 0 Å². The summed E-state index contributed by atoms with van der Waals surface area (Å²) < 4.78 is 7.15. The highest BCUT2D eigenvalue weighted by Crippen LogP contribution is 2.26. The van der Waals surface area contributed by atoms with Crippen LogP contribution in [-0.2, 0) is 11.8 Å². The summed E-state index contributed by atoms with van der Waals surface area (Å²) in [5.74, 6) is 0.641. The fourth-order valence-electron chi connectivity index (χ4n) is 3.20. The van der Waals surface area contributed by atoms with Crippen molar-refractivity contribution in [2.45, 2.75) is 45.4 Å². The van der Waals surface area contributed by atoms with Crippen LogP contribution in [0.25, 0.3) is 11.2 Å². The monoisotopic (exact) mass is 362 g/mol. The molecule has 3 heterocycles. The van der Waals surface area contributed by atoms with Crippen LogP contribution in [0.3, 0.4) is 0 Å². The third-order valence-electron chi connectivity index (χ3n) is 4.40. The fraction of sp³-hybridized carbons (Fsp3) is 0.647. The van der Waals surface area contributed by atoms with Crippen LogP contribution >= 0.6 is 0 Å². The SMILES string of the molecule is CC1CN(c2ncnc3c2ncn3C)CC(NC(=O)OC(C)(C)C)C1O. The predicted octanol–water partition coefficient (Wildman–Crippen LogP) is 1.07. The van der Waals surface area contributed by atoms with Crippen molar-refractivity contribution < 1.29 is 14.6 Å². The molecule has 2 N–H and O–H groups in total. The summed E-state index contributed by atoms with van der Waals surface area (Å²) in [6, 6.07) is -0.470. The van der Waals surface area contributed by atoms with Gasteiger partial charge in [-0.15, -0.1) is 0 Å². The second kappa shape index (κ2) is 6.71. The average molecular weight is 362 g/mol. The summed E-state index contributed by atoms with van der Waals surface area (Å²) in [5.41, 5.74) is 0.849. The summed E-state index contributed by atoms with van der Waals surface area (Å²) in [6.07, 6.45) is 1.99. The number of carbonyl (C=O) groups is 1. The van der Waals surface area contributed by atoms with Crippen molar-refractivity contribution in [3.63, 3.8) is 0 Å². The molecule has 0 radical (unpaired) electrons. The number of ether oxygens (including phenoxy) is 1. The normalized spacial score (nSPS) is 23.9. The maximum Gasteiger partial charge on any atom is 0.408 e. The van der Waals surface area contributed by atoms with E-state index in [1.807, 2.05) is 23.4 Å². The Morgan fingerprint density at radius 1 is 1.31 bits per heavy atom. The minimum atomic E-state index is -0.667. The number of aliphatic hydroxyl groups excluding tert-OH is 1. The summed E-state index contributed by atoms with van der Waals surface area (Å²) in [4.78, 5) is 27.2. The summed E-state index contributed by atoms with van der Waals surface area (Å²) in [6.45, 7) is 8.37. The molecule has 3 atom stereocenters. The topological polar surface area (TPSA) is 105 Å². The van der Waals surface area contributed by atoms with Crippen molar-refractivity contribution in [2.24, 2.45) is 13.0 Å². The van der Waals surface area contributed by atoms with Gasteiger partial charge >= 0.3 is 6.09 Å². The quantitative estimate of drug-likeness (QED) is 0.823. The Morgan fingerprint density at radius 2 is 2.04 bits per heavy atom. The van der Waals surface area contributed by atoms with Gasteiger partial charge in [0.05, 0.1) is 18.5 Å². The molecule has 0 bridgehead atoms. The number of aliphatic hydroxyl groups is 1. The van der Waals surface area contributed by atoms with Crippen molar-refractivity contribution in [1.29, 1.82) is 0 Å². The Balaban J connectivity index is 1.82. The second-order valence-electron chi connectivity index (χ2n) is 7.85. The van der Waals surface area contributed by atoms with Crippen LogP contribution in [-0.4, -0.2) is 61.6 Å². The third kappa shape index (κ3) is 3.72. The number of anilines is 1. The molecule has 3 unspecified atom stereocenters. The van der Waals surface area contributed by atoms with Gasteiger partial charge in [-0.25, -0.2) is 19.7 Å². The lowest BCUT2D eigenvalue weighted by atomic mass is 9.92. The first-order chi connectivity index (χ1) is 12.2. The molecular weight excluding hydrogens is 336 g/mol. The number of nitrogens with zero attached hydrogens (tertiary/aromatic N) is 5. The number of fused-ring (bicyclic) bond motifs is 1. The van der Waals surface area contributed by atoms with Gasteiger partial charge in [0.1, 0.15) is 11.9 Å². The molecule has 9 nitrogen and oxygen atoms in total. The molecule has 1 aliphatic heterocycles. The van der Waals surface area contributed by atoms with E-state index in [-0.39, 0.29) is 5.92 Å². The van der Waals surface area contributed by atoms with E-state index in [2.05, 4.69) is 20.3 Å². The Morgan fingerprint density at radius 3 is 2.73 bits per heavy atom. The maximum absolute atomic E-state index is 12.1. The van der Waals surface area contributed by atoms with Crippen LogP contribution in [0.4, 0.5) is 10.6 Å². The zero-order valence-corrected chi connectivity index (χ0v) is 15.8. The van der Waals surface area contributed by atoms with Crippen LogP contribution < -0.4 is 10.2 Å². The lowest BCUT2D eigenvalue weighted by Gasteiger charge is -2.41. The number of imidazole rings is 1. The molecule has 0 aliphatic carbocycles. The van der Waals surface area contributed by atoms with E-state index in [9.17, 15) is 9.90 Å². The van der Waals surface area contributed by atoms with Crippen molar-refractivity contribution in [1.82, 2.24) is 24.8 Å². The third-order valence-corrected chi connectivity index (χ3v) is 4.40. The Bertz CT molecular complexity index is 799. The van der Waals surface area contributed by atoms with E-state index in [1.54, 1.807) is 27.1 Å². The number of rotatable bonds is 2. The van der Waals surface area contributed by atoms with Crippen LogP contribution in [0.2, 0.25) is 0 Å². The number of nitrogens with one attached hydrogen (secondary N) is 1. The zero-order chi connectivity index (χ0) is 19.1. The van der Waals surface area contributed by atoms with Gasteiger partial charge in [0.15, 0.2) is 17.0 Å². The van der Waals surface area contributed by atoms with Gasteiger partial charge in [0.25, 0.3) is 0 Å². The Kier molecular flexibility index (Phi) is 4.74. The zero-order valence-electron chi connectivity index (χ0n) is 15.8. The highest BCUT2D eigenvalue weighted by atomic mass is 16.6. The molecule has 1 aliphatic rings. The highest BCUT2D eigenvalue weighted by Gasteiger charge is 2.36. The first-order valence-corrected chi connectivity index (χ1v) is 8.70. The number of hydrogen-bond acceptors (Lipinski definition) is 7. The van der Waals surface area contributed by atoms with Gasteiger partial charge < -0.3 is 24.6 Å². The number of amides is 1. The minimum Gasteiger partial charge on any atom is -0.444 e. The number of piperidine rings is 1. The fourth-order valence-corrected chi connectivity index (χ4v) is 3.20. The lowest BCUT2D eigenvalue weighted by molar-refractivity contribution is 0.0302. The van der Waals surface area contributed by atoms with E-state index in [0.29, 0.717) is 24.4 Å². The molecule has 2 aromatic rings. The number of carbonyl (C=O) groups excluding carboxylic acids is 1. The van der Waals surface area contributed by atoms with Gasteiger partial charge in [-0.1, -0.05) is 6.92 Å². The van der Waals surface area contributed by atoms with Gasteiger partial charge in [-0.05, 0) is 20.8 Å². The number of aryl methyl sites for hydroxylation is 1. The van der Waals surface area contributed by atoms with E-state index < -0.39 is 23.8 Å². The highest BCUT2D eigenvalue weighted by molar-refractivity contribution is 5.83. The van der Waals surface area contributed by atoms with Crippen molar-refractivity contribution in [3.05, 3.63) is 12.7 Å². The molecule has 0 spiro atoms. The number of aromatic nitrogens is 4. The molecule has 1 amide bonds. The van der Waals surface area contributed by atoms with Gasteiger partial charge in [0, 0.05) is 26.1 Å². The van der Waals surface area contributed by atoms with Gasteiger partial charge in [-0.2, -0.15) is 0 Å². The molecule has 26 heavy (non-hydrogen) atoms. The second-order valence-corrected chi connectivity index (χ2v) is 7.85. The minimum absolute atomic E-state index is 0.0579. The molecular formula is C17H26N6O3. The summed E-state index contributed by atoms with van der Waals surface area (Å²) >= 11 is 0. The molecule has 9 heteroatoms. The first kappa shape index (κ1) is 18.4. The van der Waals surface area contributed by atoms with Crippen LogP contribution in [0.1, 0.15) is 27.7 Å². The largest absolute Gasteiger partial charge is 0.444 e. The van der Waals surface area contributed by atoms with Crippen LogP contribution in [0.15, 0.2) is 12.7 Å².